The molecule has 138 valence electrons. The van der Waals surface area contributed by atoms with Crippen LogP contribution in [0, 0.1) is 6.92 Å². The van der Waals surface area contributed by atoms with Crippen LogP contribution in [0.4, 0.5) is 5.95 Å². The summed E-state index contributed by atoms with van der Waals surface area (Å²) in [5, 5.41) is 5.05. The molecule has 5 heteroatoms. The maximum Gasteiger partial charge on any atom is 0.252 e. The van der Waals surface area contributed by atoms with E-state index in [9.17, 15) is 4.79 Å². The number of piperidine rings is 1. The number of nitrogens with zero attached hydrogens (tertiary/aromatic N) is 3. The van der Waals surface area contributed by atoms with Crippen molar-refractivity contribution in [2.24, 2.45) is 0 Å². The van der Waals surface area contributed by atoms with Crippen molar-refractivity contribution < 1.29 is 4.79 Å². The number of anilines is 1. The number of amides is 1. The van der Waals surface area contributed by atoms with Gasteiger partial charge in [0.1, 0.15) is 0 Å². The van der Waals surface area contributed by atoms with E-state index in [1.807, 2.05) is 55.5 Å². The zero-order valence-corrected chi connectivity index (χ0v) is 15.6. The number of hydrogen-bond acceptors (Lipinski definition) is 4. The Hall–Kier alpha value is -2.95. The van der Waals surface area contributed by atoms with E-state index in [0.717, 1.165) is 41.2 Å². The lowest BCUT2D eigenvalue weighted by Gasteiger charge is -2.27. The van der Waals surface area contributed by atoms with Crippen LogP contribution in [0.1, 0.15) is 41.0 Å². The number of hydrogen-bond donors (Lipinski definition) is 1. The van der Waals surface area contributed by atoms with Crippen LogP contribution in [0.3, 0.4) is 0 Å². The SMILES string of the molecule is Cc1cc(CNC(=O)c2cccc3ccccc23)nc(N2CCCCC2)n1. The first-order valence-electron chi connectivity index (χ1n) is 9.56. The molecule has 4 rings (SSSR count). The van der Waals surface area contributed by atoms with E-state index < -0.39 is 0 Å². The molecule has 5 nitrogen and oxygen atoms in total. The average molecular weight is 360 g/mol. The van der Waals surface area contributed by atoms with Gasteiger partial charge in [0, 0.05) is 24.3 Å². The van der Waals surface area contributed by atoms with Gasteiger partial charge in [0.05, 0.1) is 12.2 Å². The van der Waals surface area contributed by atoms with E-state index in [4.69, 9.17) is 0 Å². The minimum absolute atomic E-state index is 0.0809. The molecule has 27 heavy (non-hydrogen) atoms. The summed E-state index contributed by atoms with van der Waals surface area (Å²) >= 11 is 0. The monoisotopic (exact) mass is 360 g/mol. The third kappa shape index (κ3) is 3.92. The van der Waals surface area contributed by atoms with Gasteiger partial charge in [-0.15, -0.1) is 0 Å². The molecule has 0 aliphatic carbocycles. The van der Waals surface area contributed by atoms with Crippen molar-refractivity contribution in [2.75, 3.05) is 18.0 Å². The van der Waals surface area contributed by atoms with Crippen molar-refractivity contribution in [2.45, 2.75) is 32.7 Å². The number of carbonyl (C=O) groups is 1. The molecule has 1 saturated heterocycles. The van der Waals surface area contributed by atoms with Crippen molar-refractivity contribution >= 4 is 22.6 Å². The van der Waals surface area contributed by atoms with E-state index in [0.29, 0.717) is 12.1 Å². The third-order valence-corrected chi connectivity index (χ3v) is 5.00. The average Bonchev–Trinajstić information content (AvgIpc) is 2.72. The predicted molar refractivity (Wildman–Crippen MR) is 108 cm³/mol. The molecule has 1 aliphatic rings. The Morgan fingerprint density at radius 3 is 2.67 bits per heavy atom. The molecule has 1 amide bonds. The molecule has 0 spiro atoms. The zero-order valence-electron chi connectivity index (χ0n) is 15.6. The second-order valence-electron chi connectivity index (χ2n) is 7.06. The minimum Gasteiger partial charge on any atom is -0.346 e. The first-order valence-corrected chi connectivity index (χ1v) is 9.56. The molecule has 2 aromatic carbocycles. The summed E-state index contributed by atoms with van der Waals surface area (Å²) in [6.07, 6.45) is 3.64. The Morgan fingerprint density at radius 2 is 1.81 bits per heavy atom. The highest BCUT2D eigenvalue weighted by atomic mass is 16.1. The second-order valence-corrected chi connectivity index (χ2v) is 7.06. The Morgan fingerprint density at radius 1 is 1.04 bits per heavy atom. The fourth-order valence-electron chi connectivity index (χ4n) is 3.63. The Labute approximate surface area is 159 Å². The summed E-state index contributed by atoms with van der Waals surface area (Å²) in [5.74, 6) is 0.701. The van der Waals surface area contributed by atoms with Crippen LogP contribution in [0.5, 0.6) is 0 Å². The van der Waals surface area contributed by atoms with Crippen LogP contribution in [0.15, 0.2) is 48.5 Å². The molecule has 2 heterocycles. The maximum absolute atomic E-state index is 12.7. The number of carbonyl (C=O) groups excluding carboxylic acids is 1. The van der Waals surface area contributed by atoms with E-state index >= 15 is 0 Å². The van der Waals surface area contributed by atoms with Crippen LogP contribution in [0.2, 0.25) is 0 Å². The lowest BCUT2D eigenvalue weighted by Crippen LogP contribution is -2.32. The summed E-state index contributed by atoms with van der Waals surface area (Å²) in [6.45, 7) is 4.38. The number of nitrogens with one attached hydrogen (secondary N) is 1. The first-order chi connectivity index (χ1) is 13.2. The summed E-state index contributed by atoms with van der Waals surface area (Å²) in [6, 6.07) is 15.7. The number of aryl methyl sites for hydroxylation is 1. The number of fused-ring (bicyclic) bond motifs is 1. The van der Waals surface area contributed by atoms with E-state index in [-0.39, 0.29) is 5.91 Å². The van der Waals surface area contributed by atoms with Gasteiger partial charge in [-0.05, 0) is 49.1 Å². The second kappa shape index (κ2) is 7.74. The zero-order chi connectivity index (χ0) is 18.6. The van der Waals surface area contributed by atoms with Crippen molar-refractivity contribution in [1.29, 1.82) is 0 Å². The fraction of sp³-hybridized carbons (Fsp3) is 0.318. The normalized spacial score (nSPS) is 14.3. The molecule has 1 N–H and O–H groups in total. The Bertz CT molecular complexity index is 958. The third-order valence-electron chi connectivity index (χ3n) is 5.00. The summed E-state index contributed by atoms with van der Waals surface area (Å²) < 4.78 is 0. The molecular formula is C22H24N4O. The van der Waals surface area contributed by atoms with E-state index in [1.165, 1.54) is 19.3 Å². The van der Waals surface area contributed by atoms with Gasteiger partial charge in [0.15, 0.2) is 0 Å². The molecule has 3 aromatic rings. The van der Waals surface area contributed by atoms with Crippen LogP contribution in [-0.4, -0.2) is 29.0 Å². The standard InChI is InChI=1S/C22H24N4O/c1-16-14-18(25-22(24-16)26-12-5-2-6-13-26)15-23-21(27)20-11-7-9-17-8-3-4-10-19(17)20/h3-4,7-11,14H,2,5-6,12-13,15H2,1H3,(H,23,27). The van der Waals surface area contributed by atoms with Gasteiger partial charge >= 0.3 is 0 Å². The number of rotatable bonds is 4. The Kier molecular flexibility index (Phi) is 5.01. The predicted octanol–water partition coefficient (Wildman–Crippen LogP) is 3.86. The topological polar surface area (TPSA) is 58.1 Å². The molecule has 1 fully saturated rings. The first kappa shape index (κ1) is 17.5. The lowest BCUT2D eigenvalue weighted by atomic mass is 10.0. The van der Waals surface area contributed by atoms with Gasteiger partial charge in [-0.2, -0.15) is 0 Å². The van der Waals surface area contributed by atoms with Gasteiger partial charge in [-0.25, -0.2) is 9.97 Å². The van der Waals surface area contributed by atoms with E-state index in [2.05, 4.69) is 20.2 Å². The van der Waals surface area contributed by atoms with Crippen LogP contribution < -0.4 is 10.2 Å². The molecule has 0 saturated carbocycles. The quantitative estimate of drug-likeness (QED) is 0.768. The number of benzene rings is 2. The van der Waals surface area contributed by atoms with Gasteiger partial charge < -0.3 is 10.2 Å². The highest BCUT2D eigenvalue weighted by molar-refractivity contribution is 6.06. The fourth-order valence-corrected chi connectivity index (χ4v) is 3.63. The van der Waals surface area contributed by atoms with Gasteiger partial charge in [0.25, 0.3) is 5.91 Å². The lowest BCUT2D eigenvalue weighted by molar-refractivity contribution is 0.0952. The molecule has 0 unspecified atom stereocenters. The maximum atomic E-state index is 12.7. The molecule has 0 atom stereocenters. The molecule has 0 radical (unpaired) electrons. The summed E-state index contributed by atoms with van der Waals surface area (Å²) in [5.41, 5.74) is 2.46. The van der Waals surface area contributed by atoms with Crippen LogP contribution in [0.25, 0.3) is 10.8 Å². The molecular weight excluding hydrogens is 336 g/mol. The van der Waals surface area contributed by atoms with Gasteiger partial charge in [0.2, 0.25) is 5.95 Å². The van der Waals surface area contributed by atoms with E-state index in [1.54, 1.807) is 0 Å². The van der Waals surface area contributed by atoms with Crippen molar-refractivity contribution in [3.63, 3.8) is 0 Å². The highest BCUT2D eigenvalue weighted by Crippen LogP contribution is 2.19. The summed E-state index contributed by atoms with van der Waals surface area (Å²) in [4.78, 5) is 24.3. The smallest absolute Gasteiger partial charge is 0.252 e. The van der Waals surface area contributed by atoms with Crippen molar-refractivity contribution in [3.05, 3.63) is 65.5 Å². The minimum atomic E-state index is -0.0809. The largest absolute Gasteiger partial charge is 0.346 e. The molecule has 0 bridgehead atoms. The van der Waals surface area contributed by atoms with Crippen molar-refractivity contribution in [1.82, 2.24) is 15.3 Å². The molecule has 1 aromatic heterocycles. The summed E-state index contributed by atoms with van der Waals surface area (Å²) in [7, 11) is 0. The van der Waals surface area contributed by atoms with Crippen LogP contribution in [-0.2, 0) is 6.54 Å². The highest BCUT2D eigenvalue weighted by Gasteiger charge is 2.15. The number of aromatic nitrogens is 2. The van der Waals surface area contributed by atoms with Gasteiger partial charge in [-0.3, -0.25) is 4.79 Å². The van der Waals surface area contributed by atoms with Crippen LogP contribution >= 0.6 is 0 Å². The molecule has 1 aliphatic heterocycles. The van der Waals surface area contributed by atoms with Gasteiger partial charge in [-0.1, -0.05) is 36.4 Å². The Balaban J connectivity index is 1.51. The van der Waals surface area contributed by atoms with Crippen molar-refractivity contribution in [3.8, 4) is 0 Å².